The zero-order chi connectivity index (χ0) is 18.4. The van der Waals surface area contributed by atoms with E-state index >= 15 is 0 Å². The van der Waals surface area contributed by atoms with Crippen molar-refractivity contribution in [3.05, 3.63) is 23.8 Å². The van der Waals surface area contributed by atoms with Crippen LogP contribution in [0, 0.1) is 0 Å². The van der Waals surface area contributed by atoms with Crippen molar-refractivity contribution in [1.29, 1.82) is 0 Å². The molecule has 1 N–H and O–H groups in total. The van der Waals surface area contributed by atoms with Crippen molar-refractivity contribution in [2.24, 2.45) is 0 Å². The summed E-state index contributed by atoms with van der Waals surface area (Å²) in [6.07, 6.45) is 4.90. The molecule has 1 atom stereocenters. The van der Waals surface area contributed by atoms with Gasteiger partial charge in [0, 0.05) is 18.1 Å². The molecule has 0 bridgehead atoms. The first-order valence-corrected chi connectivity index (χ1v) is 11.4. The lowest BCUT2D eigenvalue weighted by molar-refractivity contribution is -0.127. The molecule has 2 fully saturated rings. The minimum Gasteiger partial charge on any atom is -0.493 e. The Balaban J connectivity index is 1.72. The van der Waals surface area contributed by atoms with E-state index < -0.39 is 0 Å². The molecule has 0 radical (unpaired) electrons. The molecule has 1 heterocycles. The molecule has 1 saturated heterocycles. The van der Waals surface area contributed by atoms with Crippen LogP contribution in [0.15, 0.2) is 18.2 Å². The predicted molar refractivity (Wildman–Crippen MR) is 107 cm³/mol. The van der Waals surface area contributed by atoms with Gasteiger partial charge >= 0.3 is 0 Å². The summed E-state index contributed by atoms with van der Waals surface area (Å²) in [7, 11) is 1.66. The lowest BCUT2D eigenvalue weighted by atomic mass is 10.1. The fourth-order valence-corrected chi connectivity index (χ4v) is 5.29. The molecule has 1 aromatic carbocycles. The van der Waals surface area contributed by atoms with Crippen molar-refractivity contribution in [3.8, 4) is 11.5 Å². The average Bonchev–Trinajstić information content (AvgIpc) is 3.29. The van der Waals surface area contributed by atoms with Gasteiger partial charge in [-0.3, -0.25) is 4.79 Å². The zero-order valence-electron chi connectivity index (χ0n) is 15.2. The minimum atomic E-state index is 0.0223. The molecule has 3 rings (SSSR count). The number of methoxy groups -OCH3 is 1. The molecule has 144 valence electrons. The van der Waals surface area contributed by atoms with Gasteiger partial charge in [-0.2, -0.15) is 11.8 Å². The Labute approximate surface area is 163 Å². The molecule has 26 heavy (non-hydrogen) atoms. The molecule has 5 nitrogen and oxygen atoms in total. The number of benzene rings is 1. The van der Waals surface area contributed by atoms with Crippen molar-refractivity contribution < 1.29 is 19.4 Å². The number of aliphatic hydroxyl groups excluding tert-OH is 1. The highest BCUT2D eigenvalue weighted by Gasteiger charge is 2.33. The van der Waals surface area contributed by atoms with E-state index in [-0.39, 0.29) is 24.0 Å². The van der Waals surface area contributed by atoms with Crippen LogP contribution in [0.5, 0.6) is 11.5 Å². The number of rotatable bonds is 9. The van der Waals surface area contributed by atoms with Crippen molar-refractivity contribution in [3.63, 3.8) is 0 Å². The molecule has 2 aliphatic rings. The van der Waals surface area contributed by atoms with E-state index in [2.05, 4.69) is 0 Å². The van der Waals surface area contributed by atoms with E-state index in [9.17, 15) is 4.79 Å². The molecule has 1 unspecified atom stereocenters. The first-order chi connectivity index (χ1) is 12.7. The lowest BCUT2D eigenvalue weighted by Gasteiger charge is -2.25. The Morgan fingerprint density at radius 1 is 1.27 bits per heavy atom. The Bertz CT molecular complexity index is 607. The molecule has 0 aromatic heterocycles. The first kappa shape index (κ1) is 19.7. The summed E-state index contributed by atoms with van der Waals surface area (Å²) in [5.74, 6) is 3.78. The van der Waals surface area contributed by atoms with E-state index in [1.165, 1.54) is 12.8 Å². The van der Waals surface area contributed by atoms with Crippen LogP contribution in [0.3, 0.4) is 0 Å². The Hall–Kier alpha value is -1.05. The van der Waals surface area contributed by atoms with Crippen LogP contribution in [0.2, 0.25) is 0 Å². The van der Waals surface area contributed by atoms with E-state index in [4.69, 9.17) is 14.6 Å². The average molecular weight is 398 g/mol. The summed E-state index contributed by atoms with van der Waals surface area (Å²) in [5.41, 5.74) is 1.09. The SMILES string of the molecule is COc1ccc(C2SCC(=O)N2CCSCCO)cc1OC1CCCC1. The molecule has 1 aliphatic heterocycles. The normalized spacial score (nSPS) is 20.8. The van der Waals surface area contributed by atoms with Gasteiger partial charge in [0.05, 0.1) is 25.6 Å². The second-order valence-corrected chi connectivity index (χ2v) is 8.81. The summed E-state index contributed by atoms with van der Waals surface area (Å²) in [6.45, 7) is 0.878. The van der Waals surface area contributed by atoms with Crippen molar-refractivity contribution >= 4 is 29.4 Å². The predicted octanol–water partition coefficient (Wildman–Crippen LogP) is 3.32. The van der Waals surface area contributed by atoms with Gasteiger partial charge in [-0.25, -0.2) is 0 Å². The highest BCUT2D eigenvalue weighted by Crippen LogP contribution is 2.42. The smallest absolute Gasteiger partial charge is 0.233 e. The van der Waals surface area contributed by atoms with Crippen LogP contribution in [-0.4, -0.2) is 59.5 Å². The highest BCUT2D eigenvalue weighted by atomic mass is 32.2. The maximum absolute atomic E-state index is 12.3. The van der Waals surface area contributed by atoms with Crippen LogP contribution in [0.4, 0.5) is 0 Å². The van der Waals surface area contributed by atoms with Gasteiger partial charge in [0.2, 0.25) is 5.91 Å². The van der Waals surface area contributed by atoms with Crippen molar-refractivity contribution in [2.45, 2.75) is 37.2 Å². The summed E-state index contributed by atoms with van der Waals surface area (Å²) in [4.78, 5) is 14.2. The number of amides is 1. The van der Waals surface area contributed by atoms with Gasteiger partial charge in [0.1, 0.15) is 5.37 Å². The number of carbonyl (C=O) groups excluding carboxylic acids is 1. The number of ether oxygens (including phenoxy) is 2. The van der Waals surface area contributed by atoms with Crippen LogP contribution in [0.25, 0.3) is 0 Å². The van der Waals surface area contributed by atoms with E-state index in [0.717, 1.165) is 35.7 Å². The lowest BCUT2D eigenvalue weighted by Crippen LogP contribution is -2.30. The van der Waals surface area contributed by atoms with Gasteiger partial charge in [-0.15, -0.1) is 11.8 Å². The fourth-order valence-electron chi connectivity index (χ4n) is 3.43. The van der Waals surface area contributed by atoms with Gasteiger partial charge in [0.25, 0.3) is 0 Å². The summed E-state index contributed by atoms with van der Waals surface area (Å²) < 4.78 is 11.7. The third-order valence-electron chi connectivity index (χ3n) is 4.75. The zero-order valence-corrected chi connectivity index (χ0v) is 16.8. The highest BCUT2D eigenvalue weighted by molar-refractivity contribution is 8.00. The summed E-state index contributed by atoms with van der Waals surface area (Å²) >= 11 is 3.33. The van der Waals surface area contributed by atoms with Crippen molar-refractivity contribution in [2.75, 3.05) is 37.5 Å². The largest absolute Gasteiger partial charge is 0.493 e. The fraction of sp³-hybridized carbons (Fsp3) is 0.632. The number of thioether (sulfide) groups is 2. The quantitative estimate of drug-likeness (QED) is 0.645. The van der Waals surface area contributed by atoms with Crippen LogP contribution in [-0.2, 0) is 4.79 Å². The molecule has 0 spiro atoms. The molecule has 1 saturated carbocycles. The molecular formula is C19H27NO4S2. The van der Waals surface area contributed by atoms with Gasteiger partial charge < -0.3 is 19.5 Å². The second kappa shape index (κ2) is 9.76. The van der Waals surface area contributed by atoms with Crippen LogP contribution in [0.1, 0.15) is 36.6 Å². The Morgan fingerprint density at radius 2 is 2.08 bits per heavy atom. The number of carbonyl (C=O) groups is 1. The third-order valence-corrected chi connectivity index (χ3v) is 6.95. The summed E-state index contributed by atoms with van der Waals surface area (Å²) in [6, 6.07) is 6.02. The second-order valence-electron chi connectivity index (χ2n) is 6.52. The van der Waals surface area contributed by atoms with Crippen LogP contribution >= 0.6 is 23.5 Å². The van der Waals surface area contributed by atoms with E-state index in [0.29, 0.717) is 18.1 Å². The first-order valence-electron chi connectivity index (χ1n) is 9.17. The monoisotopic (exact) mass is 397 g/mol. The summed E-state index contributed by atoms with van der Waals surface area (Å²) in [5, 5.41) is 8.93. The Morgan fingerprint density at radius 3 is 2.81 bits per heavy atom. The number of aliphatic hydroxyl groups is 1. The molecular weight excluding hydrogens is 370 g/mol. The molecule has 1 aliphatic carbocycles. The number of nitrogens with zero attached hydrogens (tertiary/aromatic N) is 1. The number of hydrogen-bond acceptors (Lipinski definition) is 6. The standard InChI is InChI=1S/C19H27NO4S2/c1-23-16-7-6-14(12-17(16)24-15-4-2-3-5-15)19-20(18(22)13-26-19)8-10-25-11-9-21/h6-7,12,15,19,21H,2-5,8-11,13H2,1H3. The van der Waals surface area contributed by atoms with Gasteiger partial charge in [-0.1, -0.05) is 6.07 Å². The third kappa shape index (κ3) is 4.81. The van der Waals surface area contributed by atoms with E-state index in [1.807, 2.05) is 23.1 Å². The number of hydrogen-bond donors (Lipinski definition) is 1. The molecule has 1 aromatic rings. The molecule has 1 amide bonds. The van der Waals surface area contributed by atoms with Gasteiger partial charge in [-0.05, 0) is 43.4 Å². The van der Waals surface area contributed by atoms with Gasteiger partial charge in [0.15, 0.2) is 11.5 Å². The maximum Gasteiger partial charge on any atom is 0.233 e. The topological polar surface area (TPSA) is 59.0 Å². The Kier molecular flexibility index (Phi) is 7.40. The van der Waals surface area contributed by atoms with Crippen molar-refractivity contribution in [1.82, 2.24) is 4.90 Å². The minimum absolute atomic E-state index is 0.0223. The maximum atomic E-state index is 12.3. The van der Waals surface area contributed by atoms with Crippen LogP contribution < -0.4 is 9.47 Å². The molecule has 7 heteroatoms. The van der Waals surface area contributed by atoms with E-state index in [1.54, 1.807) is 30.6 Å².